The fourth-order valence-corrected chi connectivity index (χ4v) is 4.49. The molecule has 0 aliphatic heterocycles. The molecule has 0 saturated heterocycles. The molecule has 0 aliphatic rings. The average Bonchev–Trinajstić information content (AvgIpc) is 2.62. The molecule has 0 aliphatic carbocycles. The van der Waals surface area contributed by atoms with Crippen LogP contribution in [0.3, 0.4) is 0 Å². The van der Waals surface area contributed by atoms with Crippen LogP contribution in [0.4, 0.5) is 0 Å². The summed E-state index contributed by atoms with van der Waals surface area (Å²) < 4.78 is 8.82. The molecule has 29 heavy (non-hydrogen) atoms. The number of ether oxygens (including phenoxy) is 1. The van der Waals surface area contributed by atoms with Crippen LogP contribution in [-0.2, 0) is 4.79 Å². The molecule has 2 N–H and O–H groups in total. The lowest BCUT2D eigenvalue weighted by Crippen LogP contribution is -2.34. The van der Waals surface area contributed by atoms with Gasteiger partial charge in [0.2, 0.25) is 0 Å². The van der Waals surface area contributed by atoms with Crippen LogP contribution in [0.15, 0.2) is 65.7 Å². The van der Waals surface area contributed by atoms with Crippen molar-refractivity contribution in [1.82, 2.24) is 4.72 Å². The van der Waals surface area contributed by atoms with E-state index < -0.39 is 23.3 Å². The topological polar surface area (TPSA) is 58.6 Å². The minimum atomic E-state index is -0.834. The zero-order valence-corrected chi connectivity index (χ0v) is 18.7. The monoisotopic (exact) mass is 433 g/mol. The van der Waals surface area contributed by atoms with Crippen LogP contribution in [0.25, 0.3) is 0 Å². The molecule has 0 bridgehead atoms. The largest absolute Gasteiger partial charge is 0.481 e. The first-order chi connectivity index (χ1) is 13.7. The molecule has 2 unspecified atom stereocenters. The maximum Gasteiger partial charge on any atom is 0.307 e. The minimum Gasteiger partial charge on any atom is -0.481 e. The average molecular weight is 434 g/mol. The number of halogens is 1. The fraction of sp³-hybridized carbons (Fsp3) is 0.348. The summed E-state index contributed by atoms with van der Waals surface area (Å²) >= 11 is 10.9. The van der Waals surface area contributed by atoms with Gasteiger partial charge in [-0.2, -0.15) is 0 Å². The number of allylic oxidation sites excluding steroid dienone is 1. The number of nitrogens with one attached hydrogen (secondary N) is 1. The number of rotatable bonds is 9. The summed E-state index contributed by atoms with van der Waals surface area (Å²) in [6.45, 7) is 7.58. The molecule has 2 rings (SSSR count). The maximum absolute atomic E-state index is 11.8. The highest BCUT2D eigenvalue weighted by Crippen LogP contribution is 2.39. The maximum atomic E-state index is 11.8. The second-order valence-electron chi connectivity index (χ2n) is 7.96. The summed E-state index contributed by atoms with van der Waals surface area (Å²) in [7, 11) is 0. The minimum absolute atomic E-state index is 0.0340. The van der Waals surface area contributed by atoms with Gasteiger partial charge in [-0.05, 0) is 41.2 Å². The van der Waals surface area contributed by atoms with E-state index in [-0.39, 0.29) is 5.92 Å². The van der Waals surface area contributed by atoms with Gasteiger partial charge in [0, 0.05) is 5.03 Å². The summed E-state index contributed by atoms with van der Waals surface area (Å²) in [6.07, 6.45) is 1.81. The van der Waals surface area contributed by atoms with Crippen LogP contribution in [0.2, 0.25) is 0 Å². The molecule has 0 fully saturated rings. The van der Waals surface area contributed by atoms with Gasteiger partial charge >= 0.3 is 5.97 Å². The van der Waals surface area contributed by atoms with Crippen molar-refractivity contribution in [3.63, 3.8) is 0 Å². The molecule has 4 nitrogen and oxygen atoms in total. The van der Waals surface area contributed by atoms with E-state index in [0.717, 1.165) is 11.3 Å². The highest BCUT2D eigenvalue weighted by Gasteiger charge is 2.36. The lowest BCUT2D eigenvalue weighted by atomic mass is 9.72. The van der Waals surface area contributed by atoms with Crippen molar-refractivity contribution >= 4 is 30.4 Å². The number of carbonyl (C=O) groups is 1. The fourth-order valence-electron chi connectivity index (χ4n) is 3.67. The number of hydrogen-bond donors (Lipinski definition) is 3. The van der Waals surface area contributed by atoms with Gasteiger partial charge in [-0.25, -0.2) is 0 Å². The summed E-state index contributed by atoms with van der Waals surface area (Å²) in [6, 6.07) is 16.7. The van der Waals surface area contributed by atoms with Gasteiger partial charge in [-0.15, -0.1) is 0 Å². The third-order valence-electron chi connectivity index (χ3n) is 4.82. The first-order valence-corrected chi connectivity index (χ1v) is 10.3. The van der Waals surface area contributed by atoms with E-state index in [1.807, 2.05) is 88.4 Å². The number of para-hydroxylation sites is 1. The number of hydrogen-bond acceptors (Lipinski definition) is 4. The molecule has 0 saturated carbocycles. The summed E-state index contributed by atoms with van der Waals surface area (Å²) in [4.78, 5) is 11.8. The van der Waals surface area contributed by atoms with E-state index in [0.29, 0.717) is 10.8 Å². The Kier molecular flexibility index (Phi) is 8.20. The summed E-state index contributed by atoms with van der Waals surface area (Å²) in [5.74, 6) is -0.0159. The van der Waals surface area contributed by atoms with Crippen molar-refractivity contribution in [2.24, 2.45) is 17.3 Å². The van der Waals surface area contributed by atoms with Crippen LogP contribution in [0.1, 0.15) is 39.3 Å². The van der Waals surface area contributed by atoms with Gasteiger partial charge in [0.1, 0.15) is 11.5 Å². The standard InChI is InChI=1S/C23H28ClNO3S/c1-15(2)20(22(26)27)23(3,4)14-19(24)21(25-29)16-9-8-12-18(13-16)28-17-10-6-5-7-11-17/h5-15,20-21,25,29H,1-4H3,(H,26,27). The third kappa shape index (κ3) is 6.26. The van der Waals surface area contributed by atoms with Crippen molar-refractivity contribution < 1.29 is 14.6 Å². The predicted octanol–water partition coefficient (Wildman–Crippen LogP) is 6.46. The van der Waals surface area contributed by atoms with E-state index in [2.05, 4.69) is 17.5 Å². The SMILES string of the molecule is CC(C)C(C(=O)O)C(C)(C)C=C(Cl)C(NS)c1cccc(Oc2ccccc2)c1. The number of aliphatic carboxylic acids is 1. The van der Waals surface area contributed by atoms with E-state index >= 15 is 0 Å². The van der Waals surface area contributed by atoms with Crippen molar-refractivity contribution in [1.29, 1.82) is 0 Å². The van der Waals surface area contributed by atoms with Gasteiger partial charge in [-0.1, -0.05) is 88.5 Å². The number of carboxylic acid groups (broad SMARTS) is 1. The molecule has 0 heterocycles. The van der Waals surface area contributed by atoms with Gasteiger partial charge in [-0.3, -0.25) is 9.52 Å². The Morgan fingerprint density at radius 1 is 1.14 bits per heavy atom. The van der Waals surface area contributed by atoms with Crippen LogP contribution in [0, 0.1) is 17.3 Å². The van der Waals surface area contributed by atoms with Crippen LogP contribution >= 0.6 is 24.4 Å². The van der Waals surface area contributed by atoms with Crippen molar-refractivity contribution in [3.8, 4) is 11.5 Å². The Hall–Kier alpha value is -1.95. The number of thiol groups is 1. The quantitative estimate of drug-likeness (QED) is 0.397. The zero-order valence-electron chi connectivity index (χ0n) is 17.1. The van der Waals surface area contributed by atoms with Crippen LogP contribution < -0.4 is 9.46 Å². The molecule has 0 amide bonds. The molecule has 6 heteroatoms. The molecule has 0 aromatic heterocycles. The van der Waals surface area contributed by atoms with Gasteiger partial charge in [0.05, 0.1) is 12.0 Å². The smallest absolute Gasteiger partial charge is 0.307 e. The Balaban J connectivity index is 2.31. The second-order valence-corrected chi connectivity index (χ2v) is 8.65. The second kappa shape index (κ2) is 10.2. The Morgan fingerprint density at radius 2 is 1.76 bits per heavy atom. The summed E-state index contributed by atoms with van der Waals surface area (Å²) in [5.41, 5.74) is 0.222. The van der Waals surface area contributed by atoms with E-state index in [1.165, 1.54) is 0 Å². The number of benzene rings is 2. The van der Waals surface area contributed by atoms with E-state index in [4.69, 9.17) is 16.3 Å². The van der Waals surface area contributed by atoms with Gasteiger partial charge in [0.15, 0.2) is 0 Å². The molecule has 2 aromatic rings. The van der Waals surface area contributed by atoms with Crippen LogP contribution in [-0.4, -0.2) is 11.1 Å². The molecular weight excluding hydrogens is 406 g/mol. The first kappa shape index (κ1) is 23.3. The Bertz CT molecular complexity index is 852. The third-order valence-corrected chi connectivity index (χ3v) is 5.40. The summed E-state index contributed by atoms with van der Waals surface area (Å²) in [5, 5.41) is 10.1. The van der Waals surface area contributed by atoms with E-state index in [1.54, 1.807) is 0 Å². The molecule has 0 spiro atoms. The predicted molar refractivity (Wildman–Crippen MR) is 122 cm³/mol. The molecule has 156 valence electrons. The van der Waals surface area contributed by atoms with Gasteiger partial charge < -0.3 is 9.84 Å². The molecular formula is C23H28ClNO3S. The van der Waals surface area contributed by atoms with Crippen molar-refractivity contribution in [3.05, 3.63) is 71.3 Å². The molecule has 0 radical (unpaired) electrons. The Morgan fingerprint density at radius 3 is 2.31 bits per heavy atom. The lowest BCUT2D eigenvalue weighted by Gasteiger charge is -2.32. The van der Waals surface area contributed by atoms with E-state index in [9.17, 15) is 9.90 Å². The van der Waals surface area contributed by atoms with Crippen molar-refractivity contribution in [2.45, 2.75) is 33.7 Å². The van der Waals surface area contributed by atoms with Gasteiger partial charge in [0.25, 0.3) is 0 Å². The first-order valence-electron chi connectivity index (χ1n) is 9.49. The molecule has 2 atom stereocenters. The van der Waals surface area contributed by atoms with Crippen LogP contribution in [0.5, 0.6) is 11.5 Å². The number of carboxylic acids is 1. The van der Waals surface area contributed by atoms with Crippen molar-refractivity contribution in [2.75, 3.05) is 0 Å². The Labute approximate surface area is 183 Å². The normalized spacial score (nSPS) is 14.5. The highest BCUT2D eigenvalue weighted by atomic mass is 35.5. The highest BCUT2D eigenvalue weighted by molar-refractivity contribution is 7.78. The lowest BCUT2D eigenvalue weighted by molar-refractivity contribution is -0.146. The molecule has 2 aromatic carbocycles. The zero-order chi connectivity index (χ0) is 21.6.